The molecule has 0 aliphatic heterocycles. The van der Waals surface area contributed by atoms with Gasteiger partial charge >= 0.3 is 0 Å². The largest absolute Gasteiger partial charge is 0.319 e. The number of pyridine rings is 2. The fourth-order valence-corrected chi connectivity index (χ4v) is 1.80. The van der Waals surface area contributed by atoms with Gasteiger partial charge in [-0.25, -0.2) is 9.97 Å². The van der Waals surface area contributed by atoms with Crippen LogP contribution in [0.2, 0.25) is 15.3 Å². The summed E-state index contributed by atoms with van der Waals surface area (Å²) in [4.78, 5) is 19.8. The Morgan fingerprint density at radius 2 is 1.79 bits per heavy atom. The van der Waals surface area contributed by atoms with E-state index in [1.54, 1.807) is 12.3 Å². The Morgan fingerprint density at radius 1 is 1.11 bits per heavy atom. The van der Waals surface area contributed by atoms with Gasteiger partial charge in [0.1, 0.15) is 5.15 Å². The standard InChI is InChI=1S/C12H8Cl3N3O/c1-6-2-9(11(15)16-4-6)18-12(19)7-3-8(13)10(14)17-5-7/h2-5H,1H3,(H,18,19). The summed E-state index contributed by atoms with van der Waals surface area (Å²) in [5, 5.41) is 3.21. The molecule has 2 aromatic heterocycles. The van der Waals surface area contributed by atoms with Crippen molar-refractivity contribution in [1.82, 2.24) is 9.97 Å². The minimum absolute atomic E-state index is 0.147. The number of aromatic nitrogens is 2. The first-order valence-corrected chi connectivity index (χ1v) is 6.35. The third-order valence-electron chi connectivity index (χ3n) is 2.28. The summed E-state index contributed by atoms with van der Waals surface area (Å²) in [6.07, 6.45) is 2.94. The van der Waals surface area contributed by atoms with Gasteiger partial charge in [0.15, 0.2) is 5.15 Å². The molecule has 0 aliphatic rings. The Labute approximate surface area is 124 Å². The molecular formula is C12H8Cl3N3O. The number of aryl methyl sites for hydroxylation is 1. The highest BCUT2D eigenvalue weighted by molar-refractivity contribution is 6.41. The maximum absolute atomic E-state index is 12.0. The summed E-state index contributed by atoms with van der Waals surface area (Å²) in [5.41, 5.74) is 1.59. The Bertz CT molecular complexity index is 646. The van der Waals surface area contributed by atoms with Crippen LogP contribution in [0.3, 0.4) is 0 Å². The second kappa shape index (κ2) is 5.74. The monoisotopic (exact) mass is 315 g/mol. The molecule has 7 heteroatoms. The van der Waals surface area contributed by atoms with Gasteiger partial charge in [0.2, 0.25) is 0 Å². The zero-order valence-electron chi connectivity index (χ0n) is 9.75. The first-order chi connectivity index (χ1) is 8.97. The number of nitrogens with one attached hydrogen (secondary N) is 1. The van der Waals surface area contributed by atoms with Crippen LogP contribution in [0.5, 0.6) is 0 Å². The lowest BCUT2D eigenvalue weighted by Crippen LogP contribution is -2.13. The first kappa shape index (κ1) is 14.1. The Morgan fingerprint density at radius 3 is 2.47 bits per heavy atom. The predicted octanol–water partition coefficient (Wildman–Crippen LogP) is 4.00. The minimum atomic E-state index is -0.389. The van der Waals surface area contributed by atoms with E-state index in [0.29, 0.717) is 5.69 Å². The highest BCUT2D eigenvalue weighted by Crippen LogP contribution is 2.23. The van der Waals surface area contributed by atoms with Crippen molar-refractivity contribution in [2.24, 2.45) is 0 Å². The van der Waals surface area contributed by atoms with Gasteiger partial charge < -0.3 is 5.32 Å². The molecule has 1 amide bonds. The molecule has 0 aromatic carbocycles. The molecule has 98 valence electrons. The molecule has 0 radical (unpaired) electrons. The van der Waals surface area contributed by atoms with Crippen LogP contribution in [0.15, 0.2) is 24.5 Å². The predicted molar refractivity (Wildman–Crippen MR) is 76.2 cm³/mol. The molecule has 0 spiro atoms. The van der Waals surface area contributed by atoms with Crippen molar-refractivity contribution in [3.8, 4) is 0 Å². The van der Waals surface area contributed by atoms with E-state index < -0.39 is 0 Å². The van der Waals surface area contributed by atoms with Crippen molar-refractivity contribution in [2.45, 2.75) is 6.92 Å². The van der Waals surface area contributed by atoms with Gasteiger partial charge in [-0.05, 0) is 24.6 Å². The van der Waals surface area contributed by atoms with Crippen molar-refractivity contribution in [1.29, 1.82) is 0 Å². The molecule has 0 atom stereocenters. The molecule has 0 saturated heterocycles. The highest BCUT2D eigenvalue weighted by Gasteiger charge is 2.11. The van der Waals surface area contributed by atoms with Gasteiger partial charge in [-0.2, -0.15) is 0 Å². The fourth-order valence-electron chi connectivity index (χ4n) is 1.38. The van der Waals surface area contributed by atoms with Gasteiger partial charge in [-0.15, -0.1) is 0 Å². The second-order valence-electron chi connectivity index (χ2n) is 3.80. The third-order valence-corrected chi connectivity index (χ3v) is 3.27. The molecular weight excluding hydrogens is 309 g/mol. The normalized spacial score (nSPS) is 10.3. The van der Waals surface area contributed by atoms with Crippen LogP contribution in [-0.2, 0) is 0 Å². The summed E-state index contributed by atoms with van der Waals surface area (Å²) < 4.78 is 0. The van der Waals surface area contributed by atoms with Crippen molar-refractivity contribution in [3.05, 3.63) is 51.0 Å². The summed E-state index contributed by atoms with van der Waals surface area (Å²) in [6, 6.07) is 3.15. The highest BCUT2D eigenvalue weighted by atomic mass is 35.5. The van der Waals surface area contributed by atoms with Crippen LogP contribution in [0.25, 0.3) is 0 Å². The minimum Gasteiger partial charge on any atom is -0.319 e. The maximum atomic E-state index is 12.0. The summed E-state index contributed by atoms with van der Waals surface area (Å²) in [7, 11) is 0. The molecule has 0 aliphatic carbocycles. The number of carbonyl (C=O) groups is 1. The van der Waals surface area contributed by atoms with E-state index in [1.165, 1.54) is 12.3 Å². The number of carbonyl (C=O) groups excluding carboxylic acids is 1. The average Bonchev–Trinajstić information content (AvgIpc) is 2.37. The van der Waals surface area contributed by atoms with E-state index in [0.717, 1.165) is 5.56 Å². The third kappa shape index (κ3) is 3.35. The molecule has 0 unspecified atom stereocenters. The van der Waals surface area contributed by atoms with Gasteiger partial charge in [0, 0.05) is 12.4 Å². The summed E-state index contributed by atoms with van der Waals surface area (Å²) in [6.45, 7) is 1.85. The van der Waals surface area contributed by atoms with Crippen molar-refractivity contribution < 1.29 is 4.79 Å². The number of nitrogens with zero attached hydrogens (tertiary/aromatic N) is 2. The molecule has 2 heterocycles. The van der Waals surface area contributed by atoms with E-state index in [2.05, 4.69) is 15.3 Å². The van der Waals surface area contributed by atoms with Gasteiger partial charge in [-0.1, -0.05) is 34.8 Å². The van der Waals surface area contributed by atoms with Crippen LogP contribution in [-0.4, -0.2) is 15.9 Å². The Hall–Kier alpha value is -1.36. The van der Waals surface area contributed by atoms with Crippen molar-refractivity contribution in [3.63, 3.8) is 0 Å². The second-order valence-corrected chi connectivity index (χ2v) is 4.93. The van der Waals surface area contributed by atoms with Gasteiger partial charge in [0.05, 0.1) is 16.3 Å². The number of halogens is 3. The first-order valence-electron chi connectivity index (χ1n) is 5.22. The lowest BCUT2D eigenvalue weighted by Gasteiger charge is -2.07. The number of rotatable bonds is 2. The molecule has 19 heavy (non-hydrogen) atoms. The molecule has 4 nitrogen and oxygen atoms in total. The number of hydrogen-bond acceptors (Lipinski definition) is 3. The fraction of sp³-hybridized carbons (Fsp3) is 0.0833. The number of hydrogen-bond donors (Lipinski definition) is 1. The molecule has 2 aromatic rings. The van der Waals surface area contributed by atoms with Crippen LogP contribution in [0.1, 0.15) is 15.9 Å². The van der Waals surface area contributed by atoms with E-state index >= 15 is 0 Å². The van der Waals surface area contributed by atoms with Crippen LogP contribution in [0.4, 0.5) is 5.69 Å². The van der Waals surface area contributed by atoms with E-state index in [-0.39, 0.29) is 26.8 Å². The zero-order valence-corrected chi connectivity index (χ0v) is 12.0. The van der Waals surface area contributed by atoms with Gasteiger partial charge in [-0.3, -0.25) is 4.79 Å². The summed E-state index contributed by atoms with van der Waals surface area (Å²) >= 11 is 17.4. The van der Waals surface area contributed by atoms with Crippen LogP contribution >= 0.6 is 34.8 Å². The van der Waals surface area contributed by atoms with Gasteiger partial charge in [0.25, 0.3) is 5.91 Å². The Kier molecular flexibility index (Phi) is 4.24. The summed E-state index contributed by atoms with van der Waals surface area (Å²) in [5.74, 6) is -0.389. The Balaban J connectivity index is 2.25. The molecule has 0 fully saturated rings. The molecule has 0 bridgehead atoms. The maximum Gasteiger partial charge on any atom is 0.257 e. The smallest absolute Gasteiger partial charge is 0.257 e. The number of amides is 1. The zero-order chi connectivity index (χ0) is 14.0. The van der Waals surface area contributed by atoms with Crippen molar-refractivity contribution >= 4 is 46.4 Å². The SMILES string of the molecule is Cc1cnc(Cl)c(NC(=O)c2cnc(Cl)c(Cl)c2)c1. The average molecular weight is 317 g/mol. The van der Waals surface area contributed by atoms with E-state index in [9.17, 15) is 4.79 Å². The van der Waals surface area contributed by atoms with Crippen molar-refractivity contribution in [2.75, 3.05) is 5.32 Å². The molecule has 0 saturated carbocycles. The lowest BCUT2D eigenvalue weighted by atomic mass is 10.2. The molecule has 1 N–H and O–H groups in total. The van der Waals surface area contributed by atoms with Crippen LogP contribution < -0.4 is 5.32 Å². The number of anilines is 1. The topological polar surface area (TPSA) is 54.9 Å². The lowest BCUT2D eigenvalue weighted by molar-refractivity contribution is 0.102. The van der Waals surface area contributed by atoms with E-state index in [1.807, 2.05) is 6.92 Å². The molecule has 2 rings (SSSR count). The van der Waals surface area contributed by atoms with Crippen LogP contribution in [0, 0.1) is 6.92 Å². The van der Waals surface area contributed by atoms with E-state index in [4.69, 9.17) is 34.8 Å². The quantitative estimate of drug-likeness (QED) is 0.852.